The topological polar surface area (TPSA) is 42.0 Å². The molecule has 0 spiro atoms. The predicted molar refractivity (Wildman–Crippen MR) is 67.3 cm³/mol. The standard InChI is InChI=1S/C11H15ClN2OS/c12-6-2-1-3-10(15)14-11-13-9(7-16-11)8-4-5-8/h7-8H,1-6H2,(H,13,14,15). The number of nitrogens with zero attached hydrogens (tertiary/aromatic N) is 1. The van der Waals surface area contributed by atoms with Gasteiger partial charge < -0.3 is 5.32 Å². The maximum absolute atomic E-state index is 11.5. The highest BCUT2D eigenvalue weighted by Crippen LogP contribution is 2.40. The van der Waals surface area contributed by atoms with Crippen molar-refractivity contribution in [1.82, 2.24) is 4.98 Å². The lowest BCUT2D eigenvalue weighted by Gasteiger charge is -2.00. The van der Waals surface area contributed by atoms with Gasteiger partial charge in [0.05, 0.1) is 5.69 Å². The Bertz CT molecular complexity index is 363. The van der Waals surface area contributed by atoms with E-state index >= 15 is 0 Å². The molecule has 0 saturated heterocycles. The SMILES string of the molecule is O=C(CCCCCl)Nc1nc(C2CC2)cs1. The van der Waals surface area contributed by atoms with Crippen LogP contribution in [0.1, 0.15) is 43.7 Å². The highest BCUT2D eigenvalue weighted by molar-refractivity contribution is 7.13. The van der Waals surface area contributed by atoms with Crippen LogP contribution in [0.15, 0.2) is 5.38 Å². The van der Waals surface area contributed by atoms with Gasteiger partial charge in [-0.25, -0.2) is 4.98 Å². The molecule has 2 rings (SSSR count). The van der Waals surface area contributed by atoms with E-state index in [1.807, 2.05) is 5.38 Å². The number of rotatable bonds is 6. The third-order valence-electron chi connectivity index (χ3n) is 2.55. The molecule has 0 aromatic carbocycles. The van der Waals surface area contributed by atoms with Gasteiger partial charge in [0.15, 0.2) is 5.13 Å². The summed E-state index contributed by atoms with van der Waals surface area (Å²) >= 11 is 7.06. The normalized spacial score (nSPS) is 15.1. The summed E-state index contributed by atoms with van der Waals surface area (Å²) in [6.07, 6.45) is 4.75. The molecular weight excluding hydrogens is 244 g/mol. The minimum absolute atomic E-state index is 0.0433. The van der Waals surface area contributed by atoms with Crippen LogP contribution in [-0.4, -0.2) is 16.8 Å². The van der Waals surface area contributed by atoms with Crippen molar-refractivity contribution in [2.45, 2.75) is 38.0 Å². The van der Waals surface area contributed by atoms with E-state index in [1.165, 1.54) is 24.2 Å². The molecule has 0 unspecified atom stereocenters. The predicted octanol–water partition coefficient (Wildman–Crippen LogP) is 3.37. The fourth-order valence-electron chi connectivity index (χ4n) is 1.47. The van der Waals surface area contributed by atoms with Gasteiger partial charge in [0.1, 0.15) is 0 Å². The second kappa shape index (κ2) is 5.64. The molecule has 1 amide bonds. The Morgan fingerprint density at radius 2 is 2.38 bits per heavy atom. The number of anilines is 1. The fraction of sp³-hybridized carbons (Fsp3) is 0.636. The van der Waals surface area contributed by atoms with Gasteiger partial charge in [-0.1, -0.05) is 0 Å². The molecule has 1 aromatic heterocycles. The molecule has 0 bridgehead atoms. The first-order valence-electron chi connectivity index (χ1n) is 5.61. The van der Waals surface area contributed by atoms with Crippen LogP contribution in [0.4, 0.5) is 5.13 Å². The van der Waals surface area contributed by atoms with Crippen LogP contribution in [-0.2, 0) is 4.79 Å². The van der Waals surface area contributed by atoms with Gasteiger partial charge >= 0.3 is 0 Å². The van der Waals surface area contributed by atoms with Crippen molar-refractivity contribution in [2.75, 3.05) is 11.2 Å². The van der Waals surface area contributed by atoms with Gasteiger partial charge in [0, 0.05) is 23.6 Å². The molecule has 1 aromatic rings. The van der Waals surface area contributed by atoms with Crippen molar-refractivity contribution < 1.29 is 4.79 Å². The third-order valence-corrected chi connectivity index (χ3v) is 3.59. The molecule has 1 saturated carbocycles. The number of unbranched alkanes of at least 4 members (excludes halogenated alkanes) is 1. The Morgan fingerprint density at radius 1 is 1.56 bits per heavy atom. The quantitative estimate of drug-likeness (QED) is 0.628. The van der Waals surface area contributed by atoms with Gasteiger partial charge in [-0.15, -0.1) is 22.9 Å². The van der Waals surface area contributed by atoms with E-state index in [0.29, 0.717) is 18.2 Å². The lowest BCUT2D eigenvalue weighted by molar-refractivity contribution is -0.116. The number of carbonyl (C=O) groups excluding carboxylic acids is 1. The van der Waals surface area contributed by atoms with Crippen molar-refractivity contribution in [3.63, 3.8) is 0 Å². The Labute approximate surface area is 104 Å². The first-order valence-corrected chi connectivity index (χ1v) is 7.02. The van der Waals surface area contributed by atoms with Gasteiger partial charge in [-0.2, -0.15) is 0 Å². The maximum Gasteiger partial charge on any atom is 0.226 e. The number of amides is 1. The number of halogens is 1. The summed E-state index contributed by atoms with van der Waals surface area (Å²) in [7, 11) is 0. The van der Waals surface area contributed by atoms with Crippen molar-refractivity contribution in [2.24, 2.45) is 0 Å². The third kappa shape index (κ3) is 3.46. The summed E-state index contributed by atoms with van der Waals surface area (Å²) in [5, 5.41) is 5.61. The Morgan fingerprint density at radius 3 is 3.06 bits per heavy atom. The molecule has 1 fully saturated rings. The van der Waals surface area contributed by atoms with Crippen LogP contribution in [0.25, 0.3) is 0 Å². The summed E-state index contributed by atoms with van der Waals surface area (Å²) in [6.45, 7) is 0. The molecule has 16 heavy (non-hydrogen) atoms. The van der Waals surface area contributed by atoms with E-state index in [0.717, 1.165) is 23.7 Å². The monoisotopic (exact) mass is 258 g/mol. The molecular formula is C11H15ClN2OS. The lowest BCUT2D eigenvalue weighted by Crippen LogP contribution is -2.10. The van der Waals surface area contributed by atoms with Gasteiger partial charge in [0.25, 0.3) is 0 Å². The summed E-state index contributed by atoms with van der Waals surface area (Å²) in [5.74, 6) is 1.32. The first-order chi connectivity index (χ1) is 7.79. The summed E-state index contributed by atoms with van der Waals surface area (Å²) in [6, 6.07) is 0. The van der Waals surface area contributed by atoms with Crippen LogP contribution in [0.3, 0.4) is 0 Å². The van der Waals surface area contributed by atoms with E-state index in [4.69, 9.17) is 11.6 Å². The Hall–Kier alpha value is -0.610. The van der Waals surface area contributed by atoms with E-state index in [1.54, 1.807) is 0 Å². The van der Waals surface area contributed by atoms with Crippen LogP contribution in [0.5, 0.6) is 0 Å². The second-order valence-corrected chi connectivity index (χ2v) is 5.28. The van der Waals surface area contributed by atoms with Crippen LogP contribution in [0.2, 0.25) is 0 Å². The van der Waals surface area contributed by atoms with Crippen molar-refractivity contribution >= 4 is 34.0 Å². The van der Waals surface area contributed by atoms with Crippen molar-refractivity contribution in [3.8, 4) is 0 Å². The average Bonchev–Trinajstić information content (AvgIpc) is 3.01. The Balaban J connectivity index is 1.76. The average molecular weight is 259 g/mol. The van der Waals surface area contributed by atoms with Crippen molar-refractivity contribution in [3.05, 3.63) is 11.1 Å². The number of carbonyl (C=O) groups is 1. The summed E-state index contributed by atoms with van der Waals surface area (Å²) in [4.78, 5) is 15.9. The summed E-state index contributed by atoms with van der Waals surface area (Å²) in [5.41, 5.74) is 1.14. The highest BCUT2D eigenvalue weighted by atomic mass is 35.5. The number of nitrogens with one attached hydrogen (secondary N) is 1. The molecule has 0 aliphatic heterocycles. The number of hydrogen-bond donors (Lipinski definition) is 1. The molecule has 1 aliphatic carbocycles. The van der Waals surface area contributed by atoms with Crippen LogP contribution >= 0.6 is 22.9 Å². The second-order valence-electron chi connectivity index (χ2n) is 4.05. The highest BCUT2D eigenvalue weighted by Gasteiger charge is 2.26. The Kier molecular flexibility index (Phi) is 4.18. The lowest BCUT2D eigenvalue weighted by atomic mass is 10.2. The zero-order valence-corrected chi connectivity index (χ0v) is 10.6. The zero-order chi connectivity index (χ0) is 11.4. The maximum atomic E-state index is 11.5. The van der Waals surface area contributed by atoms with E-state index in [-0.39, 0.29) is 5.91 Å². The van der Waals surface area contributed by atoms with E-state index < -0.39 is 0 Å². The minimum Gasteiger partial charge on any atom is -0.302 e. The molecule has 1 aliphatic rings. The zero-order valence-electron chi connectivity index (χ0n) is 9.04. The molecule has 0 atom stereocenters. The van der Waals surface area contributed by atoms with E-state index in [2.05, 4.69) is 10.3 Å². The van der Waals surface area contributed by atoms with E-state index in [9.17, 15) is 4.79 Å². The van der Waals surface area contributed by atoms with Crippen molar-refractivity contribution in [1.29, 1.82) is 0 Å². The first kappa shape index (κ1) is 11.9. The number of hydrogen-bond acceptors (Lipinski definition) is 3. The van der Waals surface area contributed by atoms with Crippen LogP contribution in [0, 0.1) is 0 Å². The number of alkyl halides is 1. The molecule has 0 radical (unpaired) electrons. The molecule has 88 valence electrons. The van der Waals surface area contributed by atoms with Crippen LogP contribution < -0.4 is 5.32 Å². The summed E-state index contributed by atoms with van der Waals surface area (Å²) < 4.78 is 0. The molecule has 1 N–H and O–H groups in total. The largest absolute Gasteiger partial charge is 0.302 e. The van der Waals surface area contributed by atoms with Gasteiger partial charge in [0.2, 0.25) is 5.91 Å². The van der Waals surface area contributed by atoms with Gasteiger partial charge in [-0.3, -0.25) is 4.79 Å². The number of thiazole rings is 1. The molecule has 3 nitrogen and oxygen atoms in total. The fourth-order valence-corrected chi connectivity index (χ4v) is 2.47. The minimum atomic E-state index is 0.0433. The van der Waals surface area contributed by atoms with Gasteiger partial charge in [-0.05, 0) is 25.7 Å². The smallest absolute Gasteiger partial charge is 0.226 e. The molecule has 1 heterocycles. The number of aromatic nitrogens is 1. The molecule has 5 heteroatoms.